The van der Waals surface area contributed by atoms with Crippen molar-refractivity contribution in [3.8, 4) is 5.75 Å². The number of para-hydroxylation sites is 1. The van der Waals surface area contributed by atoms with Gasteiger partial charge in [0.25, 0.3) is 0 Å². The van der Waals surface area contributed by atoms with Gasteiger partial charge in [0.05, 0.1) is 6.54 Å². The minimum Gasteiger partial charge on any atom is -0.489 e. The molecule has 0 saturated carbocycles. The van der Waals surface area contributed by atoms with E-state index in [0.29, 0.717) is 12.5 Å². The first-order chi connectivity index (χ1) is 9.58. The van der Waals surface area contributed by atoms with E-state index in [2.05, 4.69) is 10.6 Å². The molecule has 1 fully saturated rings. The Kier molecular flexibility index (Phi) is 5.01. The summed E-state index contributed by atoms with van der Waals surface area (Å²) in [4.78, 5) is 12.0. The van der Waals surface area contributed by atoms with E-state index in [0.717, 1.165) is 24.4 Å². The van der Waals surface area contributed by atoms with E-state index < -0.39 is 0 Å². The molecule has 1 saturated heterocycles. The fourth-order valence-corrected chi connectivity index (χ4v) is 2.23. The van der Waals surface area contributed by atoms with Crippen LogP contribution in [0.15, 0.2) is 24.3 Å². The van der Waals surface area contributed by atoms with Crippen molar-refractivity contribution in [2.24, 2.45) is 11.8 Å². The van der Waals surface area contributed by atoms with Crippen molar-refractivity contribution >= 4 is 5.91 Å². The van der Waals surface area contributed by atoms with Crippen LogP contribution in [-0.2, 0) is 4.79 Å². The predicted molar refractivity (Wildman–Crippen MR) is 79.8 cm³/mol. The van der Waals surface area contributed by atoms with Gasteiger partial charge in [-0.05, 0) is 44.5 Å². The molecule has 1 amide bonds. The highest BCUT2D eigenvalue weighted by Crippen LogP contribution is 2.18. The molecule has 0 bridgehead atoms. The standard InChI is InChI=1S/C16H24N2O2/c1-11-6-4-5-7-15(11)20-12(2)8-18-16(19)13(3)14-9-17-10-14/h4-7,12-14,17H,8-10H2,1-3H3,(H,18,19). The Balaban J connectivity index is 1.76. The van der Waals surface area contributed by atoms with Gasteiger partial charge >= 0.3 is 0 Å². The van der Waals surface area contributed by atoms with Gasteiger partial charge in [0.1, 0.15) is 11.9 Å². The molecule has 0 aromatic heterocycles. The summed E-state index contributed by atoms with van der Waals surface area (Å²) in [5.74, 6) is 1.55. The van der Waals surface area contributed by atoms with Gasteiger partial charge in [-0.1, -0.05) is 25.1 Å². The van der Waals surface area contributed by atoms with E-state index in [1.54, 1.807) is 0 Å². The maximum atomic E-state index is 12.0. The van der Waals surface area contributed by atoms with Crippen LogP contribution in [0.3, 0.4) is 0 Å². The van der Waals surface area contributed by atoms with Crippen LogP contribution in [-0.4, -0.2) is 31.6 Å². The molecular weight excluding hydrogens is 252 g/mol. The molecule has 1 aromatic carbocycles. The molecule has 20 heavy (non-hydrogen) atoms. The zero-order valence-electron chi connectivity index (χ0n) is 12.5. The number of amides is 1. The van der Waals surface area contributed by atoms with Crippen molar-refractivity contribution in [1.29, 1.82) is 0 Å². The maximum Gasteiger partial charge on any atom is 0.223 e. The zero-order chi connectivity index (χ0) is 14.5. The number of carbonyl (C=O) groups is 1. The van der Waals surface area contributed by atoms with E-state index >= 15 is 0 Å². The summed E-state index contributed by atoms with van der Waals surface area (Å²) < 4.78 is 5.85. The Bertz CT molecular complexity index is 458. The molecule has 0 radical (unpaired) electrons. The molecule has 2 N–H and O–H groups in total. The highest BCUT2D eigenvalue weighted by atomic mass is 16.5. The van der Waals surface area contributed by atoms with E-state index in [-0.39, 0.29) is 17.9 Å². The van der Waals surface area contributed by atoms with Gasteiger partial charge in [0.2, 0.25) is 5.91 Å². The highest BCUT2D eigenvalue weighted by Gasteiger charge is 2.28. The van der Waals surface area contributed by atoms with Gasteiger partial charge in [-0.2, -0.15) is 0 Å². The zero-order valence-corrected chi connectivity index (χ0v) is 12.5. The molecule has 1 aromatic rings. The van der Waals surface area contributed by atoms with Gasteiger partial charge in [-0.15, -0.1) is 0 Å². The molecule has 4 nitrogen and oxygen atoms in total. The average molecular weight is 276 g/mol. The summed E-state index contributed by atoms with van der Waals surface area (Å²) >= 11 is 0. The molecule has 0 spiro atoms. The number of rotatable bonds is 6. The summed E-state index contributed by atoms with van der Waals surface area (Å²) in [6, 6.07) is 7.92. The third kappa shape index (κ3) is 3.73. The van der Waals surface area contributed by atoms with Gasteiger partial charge in [0, 0.05) is 5.92 Å². The first kappa shape index (κ1) is 14.9. The molecule has 0 aliphatic carbocycles. The van der Waals surface area contributed by atoms with Crippen molar-refractivity contribution < 1.29 is 9.53 Å². The van der Waals surface area contributed by atoms with Crippen molar-refractivity contribution in [2.75, 3.05) is 19.6 Å². The third-order valence-corrected chi connectivity index (χ3v) is 3.92. The first-order valence-electron chi connectivity index (χ1n) is 7.28. The number of ether oxygens (including phenoxy) is 1. The van der Waals surface area contributed by atoms with Gasteiger partial charge < -0.3 is 15.4 Å². The molecule has 1 aliphatic heterocycles. The Morgan fingerprint density at radius 1 is 1.40 bits per heavy atom. The van der Waals surface area contributed by atoms with Crippen LogP contribution in [0.1, 0.15) is 19.4 Å². The molecule has 2 rings (SSSR count). The number of benzene rings is 1. The van der Waals surface area contributed by atoms with Crippen molar-refractivity contribution in [3.63, 3.8) is 0 Å². The van der Waals surface area contributed by atoms with Gasteiger partial charge in [-0.25, -0.2) is 0 Å². The third-order valence-electron chi connectivity index (χ3n) is 3.92. The monoisotopic (exact) mass is 276 g/mol. The lowest BCUT2D eigenvalue weighted by Crippen LogP contribution is -2.50. The molecular formula is C16H24N2O2. The van der Waals surface area contributed by atoms with Crippen LogP contribution in [0.5, 0.6) is 5.75 Å². The minimum atomic E-state index is -0.0354. The largest absolute Gasteiger partial charge is 0.489 e. The van der Waals surface area contributed by atoms with Crippen LogP contribution in [0.2, 0.25) is 0 Å². The second kappa shape index (κ2) is 6.75. The number of hydrogen-bond acceptors (Lipinski definition) is 3. The fraction of sp³-hybridized carbons (Fsp3) is 0.562. The molecule has 4 heteroatoms. The van der Waals surface area contributed by atoms with Gasteiger partial charge in [-0.3, -0.25) is 4.79 Å². The SMILES string of the molecule is Cc1ccccc1OC(C)CNC(=O)C(C)C1CNC1. The Hall–Kier alpha value is -1.55. The second-order valence-corrected chi connectivity index (χ2v) is 5.65. The summed E-state index contributed by atoms with van der Waals surface area (Å²) in [5.41, 5.74) is 1.11. The number of nitrogens with one attached hydrogen (secondary N) is 2. The topological polar surface area (TPSA) is 50.4 Å². The molecule has 1 heterocycles. The second-order valence-electron chi connectivity index (χ2n) is 5.65. The lowest BCUT2D eigenvalue weighted by atomic mass is 9.88. The van der Waals surface area contributed by atoms with Gasteiger partial charge in [0.15, 0.2) is 0 Å². The maximum absolute atomic E-state index is 12.0. The minimum absolute atomic E-state index is 0.0354. The lowest BCUT2D eigenvalue weighted by Gasteiger charge is -2.32. The highest BCUT2D eigenvalue weighted by molar-refractivity contribution is 5.78. The van der Waals surface area contributed by atoms with E-state index in [1.165, 1.54) is 0 Å². The van der Waals surface area contributed by atoms with E-state index in [1.807, 2.05) is 45.0 Å². The van der Waals surface area contributed by atoms with Crippen LogP contribution in [0.4, 0.5) is 0 Å². The van der Waals surface area contributed by atoms with E-state index in [9.17, 15) is 4.79 Å². The Labute approximate surface area is 120 Å². The summed E-state index contributed by atoms with van der Waals surface area (Å²) in [6.07, 6.45) is -0.0354. The number of aryl methyl sites for hydroxylation is 1. The first-order valence-corrected chi connectivity index (χ1v) is 7.28. The molecule has 2 unspecified atom stereocenters. The predicted octanol–water partition coefficient (Wildman–Crippen LogP) is 1.73. The summed E-state index contributed by atoms with van der Waals surface area (Å²) in [7, 11) is 0. The molecule has 1 aliphatic rings. The van der Waals surface area contributed by atoms with Crippen LogP contribution < -0.4 is 15.4 Å². The van der Waals surface area contributed by atoms with Crippen LogP contribution >= 0.6 is 0 Å². The normalized spacial score (nSPS) is 17.9. The van der Waals surface area contributed by atoms with E-state index in [4.69, 9.17) is 4.74 Å². The summed E-state index contributed by atoms with van der Waals surface area (Å²) in [6.45, 7) is 8.42. The molecule has 2 atom stereocenters. The average Bonchev–Trinajstić information content (AvgIpc) is 2.36. The lowest BCUT2D eigenvalue weighted by molar-refractivity contribution is -0.127. The van der Waals surface area contributed by atoms with Crippen LogP contribution in [0.25, 0.3) is 0 Å². The quantitative estimate of drug-likeness (QED) is 0.832. The number of carbonyl (C=O) groups excluding carboxylic acids is 1. The van der Waals surface area contributed by atoms with Crippen LogP contribution in [0, 0.1) is 18.8 Å². The van der Waals surface area contributed by atoms with Crippen molar-refractivity contribution in [2.45, 2.75) is 26.9 Å². The Morgan fingerprint density at radius 3 is 2.70 bits per heavy atom. The Morgan fingerprint density at radius 2 is 2.10 bits per heavy atom. The van der Waals surface area contributed by atoms with Crippen molar-refractivity contribution in [1.82, 2.24) is 10.6 Å². The number of hydrogen-bond donors (Lipinski definition) is 2. The fourth-order valence-electron chi connectivity index (χ4n) is 2.23. The molecule has 110 valence electrons. The smallest absolute Gasteiger partial charge is 0.223 e. The van der Waals surface area contributed by atoms with Crippen molar-refractivity contribution in [3.05, 3.63) is 29.8 Å². The summed E-state index contributed by atoms with van der Waals surface area (Å²) in [5, 5.41) is 6.18.